The Morgan fingerprint density at radius 1 is 1.38 bits per heavy atom. The van der Waals surface area contributed by atoms with Crippen LogP contribution in [-0.2, 0) is 4.79 Å². The number of rotatable bonds is 4. The van der Waals surface area contributed by atoms with Crippen LogP contribution in [0.15, 0.2) is 18.2 Å². The van der Waals surface area contributed by atoms with Gasteiger partial charge in [-0.3, -0.25) is 14.9 Å². The third-order valence-corrected chi connectivity index (χ3v) is 3.57. The van der Waals surface area contributed by atoms with Crippen molar-refractivity contribution in [3.05, 3.63) is 33.9 Å². The highest BCUT2D eigenvalue weighted by molar-refractivity contribution is 5.93. The number of nitro groups is 1. The average molecular weight is 293 g/mol. The number of piperidine rings is 1. The zero-order chi connectivity index (χ0) is 15.6. The molecule has 112 valence electrons. The maximum atomic E-state index is 11.5. The Labute approximate surface area is 120 Å². The van der Waals surface area contributed by atoms with Gasteiger partial charge in [0.15, 0.2) is 0 Å². The van der Waals surface area contributed by atoms with E-state index in [-0.39, 0.29) is 5.56 Å². The number of nitro benzene ring substituents is 1. The number of amides is 1. The molecule has 1 atom stereocenters. The van der Waals surface area contributed by atoms with Crippen molar-refractivity contribution < 1.29 is 19.6 Å². The average Bonchev–Trinajstić information content (AvgIpc) is 2.46. The number of hydrogen-bond acceptors (Lipinski definition) is 5. The molecule has 1 fully saturated rings. The summed E-state index contributed by atoms with van der Waals surface area (Å²) < 4.78 is 0. The monoisotopic (exact) mass is 293 g/mol. The van der Waals surface area contributed by atoms with E-state index < -0.39 is 28.5 Å². The van der Waals surface area contributed by atoms with E-state index in [4.69, 9.17) is 10.8 Å². The van der Waals surface area contributed by atoms with Gasteiger partial charge in [0.1, 0.15) is 11.6 Å². The summed E-state index contributed by atoms with van der Waals surface area (Å²) in [7, 11) is 0. The number of carbonyl (C=O) groups excluding carboxylic acids is 1. The summed E-state index contributed by atoms with van der Waals surface area (Å²) in [5.41, 5.74) is 4.93. The van der Waals surface area contributed by atoms with E-state index in [0.29, 0.717) is 18.7 Å². The Morgan fingerprint density at radius 2 is 2.10 bits per heavy atom. The van der Waals surface area contributed by atoms with E-state index in [2.05, 4.69) is 0 Å². The minimum atomic E-state index is -1.36. The Morgan fingerprint density at radius 3 is 2.67 bits per heavy atom. The van der Waals surface area contributed by atoms with Crippen LogP contribution in [0.3, 0.4) is 0 Å². The number of hydrogen-bond donors (Lipinski definition) is 2. The largest absolute Gasteiger partial charge is 0.477 e. The van der Waals surface area contributed by atoms with Crippen LogP contribution in [0.4, 0.5) is 11.4 Å². The van der Waals surface area contributed by atoms with Gasteiger partial charge in [-0.2, -0.15) is 0 Å². The normalized spacial score (nSPS) is 18.3. The lowest BCUT2D eigenvalue weighted by molar-refractivity contribution is -0.385. The fraction of sp³-hybridized carbons (Fsp3) is 0.385. The first-order valence-electron chi connectivity index (χ1n) is 6.49. The fourth-order valence-electron chi connectivity index (χ4n) is 2.57. The first-order valence-corrected chi connectivity index (χ1v) is 6.49. The van der Waals surface area contributed by atoms with Gasteiger partial charge in [0.2, 0.25) is 5.91 Å². The van der Waals surface area contributed by atoms with Crippen LogP contribution in [-0.4, -0.2) is 34.5 Å². The predicted molar refractivity (Wildman–Crippen MR) is 74.2 cm³/mol. The van der Waals surface area contributed by atoms with Gasteiger partial charge in [-0.05, 0) is 31.4 Å². The Kier molecular flexibility index (Phi) is 4.06. The number of nitrogens with zero attached hydrogens (tertiary/aromatic N) is 2. The zero-order valence-electron chi connectivity index (χ0n) is 11.2. The predicted octanol–water partition coefficient (Wildman–Crippen LogP) is 1.14. The molecule has 0 aromatic heterocycles. The fourth-order valence-corrected chi connectivity index (χ4v) is 2.57. The van der Waals surface area contributed by atoms with Crippen LogP contribution in [0.5, 0.6) is 0 Å². The summed E-state index contributed by atoms with van der Waals surface area (Å²) in [6.07, 6.45) is 2.29. The van der Waals surface area contributed by atoms with Gasteiger partial charge in [-0.25, -0.2) is 4.79 Å². The van der Waals surface area contributed by atoms with Crippen LogP contribution in [0.25, 0.3) is 0 Å². The van der Waals surface area contributed by atoms with Crippen LogP contribution in [0, 0.1) is 10.1 Å². The highest BCUT2D eigenvalue weighted by Crippen LogP contribution is 2.30. The van der Waals surface area contributed by atoms with Crippen molar-refractivity contribution >= 4 is 23.3 Å². The number of nitrogens with two attached hydrogens (primary N) is 1. The van der Waals surface area contributed by atoms with E-state index in [1.165, 1.54) is 18.2 Å². The molecule has 8 heteroatoms. The van der Waals surface area contributed by atoms with E-state index in [9.17, 15) is 19.7 Å². The van der Waals surface area contributed by atoms with Gasteiger partial charge in [-0.1, -0.05) is 0 Å². The molecule has 2 rings (SSSR count). The van der Waals surface area contributed by atoms with Crippen molar-refractivity contribution in [3.63, 3.8) is 0 Å². The molecule has 1 unspecified atom stereocenters. The molecule has 1 aliphatic heterocycles. The standard InChI is InChI=1S/C13H15N3O5/c14-12(17)10-3-1-2-6-15(10)8-4-5-9(13(18)19)11(7-8)16(20)21/h4-5,7,10H,1-3,6H2,(H2,14,17)(H,18,19). The molecule has 0 aliphatic carbocycles. The molecule has 21 heavy (non-hydrogen) atoms. The van der Waals surface area contributed by atoms with Gasteiger partial charge in [0.05, 0.1) is 4.92 Å². The number of carboxylic acids is 1. The number of anilines is 1. The lowest BCUT2D eigenvalue weighted by Crippen LogP contribution is -2.47. The van der Waals surface area contributed by atoms with Crippen molar-refractivity contribution in [2.45, 2.75) is 25.3 Å². The van der Waals surface area contributed by atoms with Crippen molar-refractivity contribution in [1.82, 2.24) is 0 Å². The number of benzene rings is 1. The second-order valence-electron chi connectivity index (χ2n) is 4.87. The van der Waals surface area contributed by atoms with Crippen LogP contribution in [0.1, 0.15) is 29.6 Å². The summed E-state index contributed by atoms with van der Waals surface area (Å²) >= 11 is 0. The lowest BCUT2D eigenvalue weighted by atomic mass is 10.00. The van der Waals surface area contributed by atoms with Crippen molar-refractivity contribution in [2.24, 2.45) is 5.73 Å². The first kappa shape index (κ1) is 14.8. The number of carboxylic acid groups (broad SMARTS) is 1. The molecule has 3 N–H and O–H groups in total. The molecule has 0 spiro atoms. The molecule has 1 aliphatic rings. The molecule has 1 saturated heterocycles. The molecule has 1 aromatic carbocycles. The van der Waals surface area contributed by atoms with Gasteiger partial charge in [0, 0.05) is 18.3 Å². The van der Waals surface area contributed by atoms with Crippen molar-refractivity contribution in [3.8, 4) is 0 Å². The number of carbonyl (C=O) groups is 2. The van der Waals surface area contributed by atoms with Crippen LogP contribution in [0.2, 0.25) is 0 Å². The zero-order valence-corrected chi connectivity index (χ0v) is 11.2. The maximum absolute atomic E-state index is 11.5. The molecule has 0 bridgehead atoms. The van der Waals surface area contributed by atoms with Gasteiger partial charge < -0.3 is 15.7 Å². The molecule has 1 aromatic rings. The van der Waals surface area contributed by atoms with Crippen molar-refractivity contribution in [2.75, 3.05) is 11.4 Å². The SMILES string of the molecule is NC(=O)C1CCCCN1c1ccc(C(=O)O)c([N+](=O)[O-])c1. The molecule has 8 nitrogen and oxygen atoms in total. The third-order valence-electron chi connectivity index (χ3n) is 3.57. The van der Waals surface area contributed by atoms with Crippen LogP contribution >= 0.6 is 0 Å². The molecule has 0 saturated carbocycles. The summed E-state index contributed by atoms with van der Waals surface area (Å²) in [5, 5.41) is 20.0. The smallest absolute Gasteiger partial charge is 0.342 e. The Balaban J connectivity index is 2.43. The highest BCUT2D eigenvalue weighted by Gasteiger charge is 2.29. The van der Waals surface area contributed by atoms with E-state index in [1.807, 2.05) is 0 Å². The maximum Gasteiger partial charge on any atom is 0.342 e. The minimum Gasteiger partial charge on any atom is -0.477 e. The topological polar surface area (TPSA) is 127 Å². The summed E-state index contributed by atoms with van der Waals surface area (Å²) in [6, 6.07) is 3.32. The second-order valence-corrected chi connectivity index (χ2v) is 4.87. The summed E-state index contributed by atoms with van der Waals surface area (Å²) in [5.74, 6) is -1.85. The number of aromatic carboxylic acids is 1. The van der Waals surface area contributed by atoms with Crippen molar-refractivity contribution in [1.29, 1.82) is 0 Å². The second kappa shape index (κ2) is 5.78. The van der Waals surface area contributed by atoms with Crippen LogP contribution < -0.4 is 10.6 Å². The third kappa shape index (κ3) is 2.93. The summed E-state index contributed by atoms with van der Waals surface area (Å²) in [4.78, 5) is 34.4. The molecule has 1 heterocycles. The number of primary amides is 1. The first-order chi connectivity index (χ1) is 9.91. The summed E-state index contributed by atoms with van der Waals surface area (Å²) in [6.45, 7) is 0.553. The molecular formula is C13H15N3O5. The highest BCUT2D eigenvalue weighted by atomic mass is 16.6. The molecule has 0 radical (unpaired) electrons. The minimum absolute atomic E-state index is 0.378. The quantitative estimate of drug-likeness (QED) is 0.633. The van der Waals surface area contributed by atoms with Gasteiger partial charge >= 0.3 is 5.97 Å². The lowest BCUT2D eigenvalue weighted by Gasteiger charge is -2.35. The van der Waals surface area contributed by atoms with E-state index >= 15 is 0 Å². The molecular weight excluding hydrogens is 278 g/mol. The van der Waals surface area contributed by atoms with E-state index in [1.54, 1.807) is 4.90 Å². The van der Waals surface area contributed by atoms with E-state index in [0.717, 1.165) is 12.8 Å². The Bertz CT molecular complexity index is 601. The van der Waals surface area contributed by atoms with Gasteiger partial charge in [-0.15, -0.1) is 0 Å². The Hall–Kier alpha value is -2.64. The van der Waals surface area contributed by atoms with Gasteiger partial charge in [0.25, 0.3) is 5.69 Å². The molecule has 1 amide bonds.